The van der Waals surface area contributed by atoms with Gasteiger partial charge in [0.05, 0.1) is 0 Å². The number of hydrogen-bond donors (Lipinski definition) is 0. The summed E-state index contributed by atoms with van der Waals surface area (Å²) < 4.78 is 0. The van der Waals surface area contributed by atoms with Crippen LogP contribution in [-0.2, 0) is 0 Å². The Morgan fingerprint density at radius 3 is 1.25 bits per heavy atom. The van der Waals surface area contributed by atoms with E-state index < -0.39 is 0 Å². The van der Waals surface area contributed by atoms with Crippen molar-refractivity contribution in [2.24, 2.45) is 0 Å². The first-order valence-corrected chi connectivity index (χ1v) is 1.00. The van der Waals surface area contributed by atoms with Crippen LogP contribution in [0, 0.1) is 0 Å². The molecule has 0 bridgehead atoms. The van der Waals surface area contributed by atoms with Gasteiger partial charge in [-0.3, -0.25) is 0 Å². The van der Waals surface area contributed by atoms with Crippen LogP contribution in [0.25, 0.3) is 0 Å². The van der Waals surface area contributed by atoms with Crippen molar-refractivity contribution in [3.63, 3.8) is 0 Å². The molecule has 0 atom stereocenters. The SMILES string of the molecule is CC.[BeH2].[HH].[HH].[LiH]. The first-order valence-electron chi connectivity index (χ1n) is 1.00. The molecule has 0 aliphatic carbocycles. The molecule has 0 spiro atoms. The van der Waals surface area contributed by atoms with Crippen LogP contribution in [0.1, 0.15) is 16.7 Å². The van der Waals surface area contributed by atoms with Crippen LogP contribution in [0.4, 0.5) is 0 Å². The monoisotopic (exact) mass is 53.1 g/mol. The molecule has 0 saturated heterocycles. The van der Waals surface area contributed by atoms with Crippen molar-refractivity contribution < 1.29 is 2.85 Å². The molecular formula is C2H13BeLi. The second-order valence-electron chi connectivity index (χ2n) is 0. The van der Waals surface area contributed by atoms with Crippen molar-refractivity contribution in [1.29, 1.82) is 0 Å². The van der Waals surface area contributed by atoms with Gasteiger partial charge in [-0.25, -0.2) is 0 Å². The molecule has 0 unspecified atom stereocenters. The Balaban J connectivity index is -0.000000000833. The van der Waals surface area contributed by atoms with Crippen molar-refractivity contribution in [2.45, 2.75) is 13.8 Å². The number of rotatable bonds is 0. The summed E-state index contributed by atoms with van der Waals surface area (Å²) in [6.07, 6.45) is 0. The summed E-state index contributed by atoms with van der Waals surface area (Å²) in [6.45, 7) is 4.00. The fourth-order valence-corrected chi connectivity index (χ4v) is 0. The second-order valence-corrected chi connectivity index (χ2v) is 0. The van der Waals surface area contributed by atoms with Gasteiger partial charge in [0.15, 0.2) is 0 Å². The van der Waals surface area contributed by atoms with Crippen molar-refractivity contribution in [3.05, 3.63) is 0 Å². The summed E-state index contributed by atoms with van der Waals surface area (Å²) >= 11 is 0. The van der Waals surface area contributed by atoms with Crippen LogP contribution in [-0.4, -0.2) is 29.0 Å². The van der Waals surface area contributed by atoms with Gasteiger partial charge >= 0.3 is 29.0 Å². The van der Waals surface area contributed by atoms with E-state index in [1.54, 1.807) is 0 Å². The Morgan fingerprint density at radius 1 is 1.25 bits per heavy atom. The summed E-state index contributed by atoms with van der Waals surface area (Å²) in [5.74, 6) is 0. The molecule has 24 valence electrons. The average Bonchev–Trinajstić information content (AvgIpc) is 1.00. The van der Waals surface area contributed by atoms with E-state index in [1.165, 1.54) is 0 Å². The summed E-state index contributed by atoms with van der Waals surface area (Å²) in [5, 5.41) is 0. The summed E-state index contributed by atoms with van der Waals surface area (Å²) in [5.41, 5.74) is 0. The van der Waals surface area contributed by atoms with Gasteiger partial charge < -0.3 is 0 Å². The van der Waals surface area contributed by atoms with Gasteiger partial charge in [0.25, 0.3) is 0 Å². The maximum absolute atomic E-state index is 2.00. The first kappa shape index (κ1) is 21.7. The van der Waals surface area contributed by atoms with Crippen molar-refractivity contribution >= 4 is 29.0 Å². The molecule has 0 radical (unpaired) electrons. The molecule has 0 nitrogen and oxygen atoms in total. The molecule has 0 N–H and O–H groups in total. The van der Waals surface area contributed by atoms with Crippen LogP contribution in [0.5, 0.6) is 0 Å². The molecule has 4 heavy (non-hydrogen) atoms. The van der Waals surface area contributed by atoms with Gasteiger partial charge in [0.1, 0.15) is 0 Å². The Morgan fingerprint density at radius 2 is 1.25 bits per heavy atom. The molecule has 0 aliphatic rings. The second kappa shape index (κ2) is 49.1. The topological polar surface area (TPSA) is 0 Å². The molecule has 0 fully saturated rings. The first-order chi connectivity index (χ1) is 1.00. The van der Waals surface area contributed by atoms with E-state index in [0.717, 1.165) is 0 Å². The van der Waals surface area contributed by atoms with Gasteiger partial charge in [-0.1, -0.05) is 13.8 Å². The quantitative estimate of drug-likeness (QED) is 0.340. The molecule has 0 aromatic carbocycles. The van der Waals surface area contributed by atoms with Crippen LogP contribution < -0.4 is 0 Å². The zero-order valence-electron chi connectivity index (χ0n) is 2.00. The molecular weight excluding hydrogens is 40.0 g/mol. The summed E-state index contributed by atoms with van der Waals surface area (Å²) in [6, 6.07) is 0. The molecule has 0 aromatic rings. The maximum atomic E-state index is 2.00. The number of hydrogen-bond acceptors (Lipinski definition) is 0. The van der Waals surface area contributed by atoms with Gasteiger partial charge in [-0.15, -0.1) is 0 Å². The zero-order valence-corrected chi connectivity index (χ0v) is 2.00. The van der Waals surface area contributed by atoms with Crippen molar-refractivity contribution in [1.82, 2.24) is 0 Å². The molecule has 0 saturated carbocycles. The fraction of sp³-hybridized carbons (Fsp3) is 1.00. The van der Waals surface area contributed by atoms with Crippen LogP contribution >= 0.6 is 0 Å². The Labute approximate surface area is 46.3 Å². The van der Waals surface area contributed by atoms with E-state index in [-0.39, 0.29) is 31.8 Å². The van der Waals surface area contributed by atoms with Crippen LogP contribution in [0.2, 0.25) is 0 Å². The van der Waals surface area contributed by atoms with E-state index in [1.807, 2.05) is 13.8 Å². The molecule has 0 aliphatic heterocycles. The van der Waals surface area contributed by atoms with E-state index in [2.05, 4.69) is 0 Å². The van der Waals surface area contributed by atoms with Gasteiger partial charge in [0.2, 0.25) is 0 Å². The van der Waals surface area contributed by atoms with E-state index in [0.29, 0.717) is 0 Å². The van der Waals surface area contributed by atoms with Crippen molar-refractivity contribution in [3.8, 4) is 0 Å². The Kier molecular flexibility index (Phi) is 266. The fourth-order valence-electron chi connectivity index (χ4n) is 0. The third-order valence-corrected chi connectivity index (χ3v) is 0. The molecule has 0 rings (SSSR count). The van der Waals surface area contributed by atoms with Gasteiger partial charge in [0, 0.05) is 2.85 Å². The average molecular weight is 53.1 g/mol. The van der Waals surface area contributed by atoms with Crippen LogP contribution in [0.3, 0.4) is 0 Å². The molecule has 0 heterocycles. The van der Waals surface area contributed by atoms with E-state index in [4.69, 9.17) is 0 Å². The minimum atomic E-state index is 0. The molecule has 0 aromatic heterocycles. The molecule has 0 amide bonds. The van der Waals surface area contributed by atoms with Crippen molar-refractivity contribution in [2.75, 3.05) is 0 Å². The van der Waals surface area contributed by atoms with E-state index >= 15 is 0 Å². The van der Waals surface area contributed by atoms with Crippen LogP contribution in [0.15, 0.2) is 0 Å². The van der Waals surface area contributed by atoms with Gasteiger partial charge in [-0.05, 0) is 0 Å². The normalized spacial score (nSPS) is 1.50. The van der Waals surface area contributed by atoms with Gasteiger partial charge in [-0.2, -0.15) is 0 Å². The predicted octanol–water partition coefficient (Wildman–Crippen LogP) is -0.0465. The third kappa shape index (κ3) is 14.7. The predicted molar refractivity (Wildman–Crippen MR) is 31.3 cm³/mol. The zero-order chi connectivity index (χ0) is 2.00. The summed E-state index contributed by atoms with van der Waals surface area (Å²) in [4.78, 5) is 0. The van der Waals surface area contributed by atoms with E-state index in [9.17, 15) is 0 Å². The Hall–Kier alpha value is 0.766. The third-order valence-electron chi connectivity index (χ3n) is 0. The standard InChI is InChI=1S/C2H6.Be.Li.2H2.3H/c1-2;;;;;;;/h1-2H3;;;2*1H;;;. The minimum absolute atomic E-state index is 0. The summed E-state index contributed by atoms with van der Waals surface area (Å²) in [7, 11) is 0. The Bertz CT molecular complexity index is 11.5. The molecule has 2 heteroatoms.